The van der Waals surface area contributed by atoms with Gasteiger partial charge in [0, 0.05) is 17.5 Å². The molecular formula is C18H19NO3S. The van der Waals surface area contributed by atoms with Crippen LogP contribution in [-0.2, 0) is 22.7 Å². The number of amides is 1. The van der Waals surface area contributed by atoms with E-state index in [0.717, 1.165) is 31.2 Å². The van der Waals surface area contributed by atoms with Gasteiger partial charge in [-0.05, 0) is 67.1 Å². The molecule has 5 heteroatoms. The molecule has 2 aromatic rings. The number of anilines is 1. The van der Waals surface area contributed by atoms with Gasteiger partial charge in [0.2, 0.25) is 0 Å². The van der Waals surface area contributed by atoms with Crippen LogP contribution >= 0.6 is 0 Å². The SMILES string of the molecule is CS(=O)(=O)c1ccc(C(=O)Nc2cccc3c2CCCC3)cc1. The summed E-state index contributed by atoms with van der Waals surface area (Å²) in [5.41, 5.74) is 3.84. The Balaban J connectivity index is 1.82. The Labute approximate surface area is 136 Å². The van der Waals surface area contributed by atoms with E-state index >= 15 is 0 Å². The summed E-state index contributed by atoms with van der Waals surface area (Å²) in [5, 5.41) is 2.96. The molecule has 1 aliphatic carbocycles. The van der Waals surface area contributed by atoms with Crippen molar-refractivity contribution in [2.45, 2.75) is 30.6 Å². The third kappa shape index (κ3) is 3.45. The van der Waals surface area contributed by atoms with Crippen molar-refractivity contribution >= 4 is 21.4 Å². The minimum absolute atomic E-state index is 0.214. The van der Waals surface area contributed by atoms with E-state index in [4.69, 9.17) is 0 Å². The lowest BCUT2D eigenvalue weighted by Gasteiger charge is -2.19. The van der Waals surface area contributed by atoms with Crippen LogP contribution in [0.2, 0.25) is 0 Å². The van der Waals surface area contributed by atoms with Gasteiger partial charge in [-0.15, -0.1) is 0 Å². The molecule has 23 heavy (non-hydrogen) atoms. The van der Waals surface area contributed by atoms with Crippen LogP contribution in [0.1, 0.15) is 34.3 Å². The summed E-state index contributed by atoms with van der Waals surface area (Å²) in [5.74, 6) is -0.218. The van der Waals surface area contributed by atoms with Crippen LogP contribution in [0.25, 0.3) is 0 Å². The van der Waals surface area contributed by atoms with Crippen molar-refractivity contribution < 1.29 is 13.2 Å². The molecule has 0 spiro atoms. The maximum Gasteiger partial charge on any atom is 0.255 e. The van der Waals surface area contributed by atoms with Gasteiger partial charge in [-0.2, -0.15) is 0 Å². The van der Waals surface area contributed by atoms with Crippen molar-refractivity contribution in [1.82, 2.24) is 0 Å². The van der Waals surface area contributed by atoms with Gasteiger partial charge < -0.3 is 5.32 Å². The fraction of sp³-hybridized carbons (Fsp3) is 0.278. The van der Waals surface area contributed by atoms with Crippen molar-refractivity contribution in [2.24, 2.45) is 0 Å². The summed E-state index contributed by atoms with van der Waals surface area (Å²) >= 11 is 0. The number of fused-ring (bicyclic) bond motifs is 1. The summed E-state index contributed by atoms with van der Waals surface area (Å²) in [7, 11) is -3.25. The van der Waals surface area contributed by atoms with Crippen LogP contribution < -0.4 is 5.32 Å². The normalized spacial score (nSPS) is 14.1. The Hall–Kier alpha value is -2.14. The molecule has 120 valence electrons. The van der Waals surface area contributed by atoms with Gasteiger partial charge in [0.25, 0.3) is 5.91 Å². The molecule has 3 rings (SSSR count). The molecule has 1 amide bonds. The lowest BCUT2D eigenvalue weighted by atomic mass is 9.90. The Morgan fingerprint density at radius 2 is 1.70 bits per heavy atom. The summed E-state index contributed by atoms with van der Waals surface area (Å²) in [4.78, 5) is 12.6. The average molecular weight is 329 g/mol. The van der Waals surface area contributed by atoms with Crippen molar-refractivity contribution in [2.75, 3.05) is 11.6 Å². The lowest BCUT2D eigenvalue weighted by Crippen LogP contribution is -2.15. The third-order valence-corrected chi connectivity index (χ3v) is 5.32. The molecule has 0 bridgehead atoms. The average Bonchev–Trinajstić information content (AvgIpc) is 2.54. The predicted molar refractivity (Wildman–Crippen MR) is 90.6 cm³/mol. The Morgan fingerprint density at radius 1 is 1.00 bits per heavy atom. The van der Waals surface area contributed by atoms with E-state index in [1.54, 1.807) is 12.1 Å². The van der Waals surface area contributed by atoms with Crippen LogP contribution in [0.4, 0.5) is 5.69 Å². The fourth-order valence-electron chi connectivity index (χ4n) is 2.95. The van der Waals surface area contributed by atoms with Gasteiger partial charge in [-0.3, -0.25) is 4.79 Å². The van der Waals surface area contributed by atoms with E-state index in [0.29, 0.717) is 5.56 Å². The third-order valence-electron chi connectivity index (χ3n) is 4.19. The highest BCUT2D eigenvalue weighted by molar-refractivity contribution is 7.90. The second-order valence-electron chi connectivity index (χ2n) is 5.90. The molecule has 0 aromatic heterocycles. The number of carbonyl (C=O) groups excluding carboxylic acids is 1. The Morgan fingerprint density at radius 3 is 2.39 bits per heavy atom. The standard InChI is InChI=1S/C18H19NO3S/c1-23(21,22)15-11-9-14(10-12-15)18(20)19-17-8-4-6-13-5-2-3-7-16(13)17/h4,6,8-12H,2-3,5,7H2,1H3,(H,19,20). The molecule has 0 saturated heterocycles. The lowest BCUT2D eigenvalue weighted by molar-refractivity contribution is 0.102. The number of benzene rings is 2. The Kier molecular flexibility index (Phi) is 4.22. The topological polar surface area (TPSA) is 63.2 Å². The Bertz CT molecular complexity index is 839. The molecule has 4 nitrogen and oxygen atoms in total. The summed E-state index contributed by atoms with van der Waals surface area (Å²) in [6.07, 6.45) is 5.53. The fourth-order valence-corrected chi connectivity index (χ4v) is 3.58. The summed E-state index contributed by atoms with van der Waals surface area (Å²) in [6, 6.07) is 12.0. The quantitative estimate of drug-likeness (QED) is 0.940. The number of aryl methyl sites for hydroxylation is 1. The highest BCUT2D eigenvalue weighted by Crippen LogP contribution is 2.28. The van der Waals surface area contributed by atoms with E-state index in [1.807, 2.05) is 12.1 Å². The van der Waals surface area contributed by atoms with Crippen LogP contribution in [0.5, 0.6) is 0 Å². The number of sulfone groups is 1. The van der Waals surface area contributed by atoms with Gasteiger partial charge in [0.1, 0.15) is 0 Å². The van der Waals surface area contributed by atoms with E-state index in [9.17, 15) is 13.2 Å². The minimum Gasteiger partial charge on any atom is -0.322 e. The largest absolute Gasteiger partial charge is 0.322 e. The maximum absolute atomic E-state index is 12.4. The molecule has 0 unspecified atom stereocenters. The molecule has 0 aliphatic heterocycles. The van der Waals surface area contributed by atoms with E-state index in [2.05, 4.69) is 11.4 Å². The van der Waals surface area contributed by atoms with Gasteiger partial charge in [-0.1, -0.05) is 12.1 Å². The van der Waals surface area contributed by atoms with Crippen LogP contribution in [0.3, 0.4) is 0 Å². The van der Waals surface area contributed by atoms with Gasteiger partial charge in [0.05, 0.1) is 4.90 Å². The van der Waals surface area contributed by atoms with Gasteiger partial charge in [-0.25, -0.2) is 8.42 Å². The van der Waals surface area contributed by atoms with E-state index in [-0.39, 0.29) is 10.8 Å². The molecule has 0 atom stereocenters. The van der Waals surface area contributed by atoms with Gasteiger partial charge in [0.15, 0.2) is 9.84 Å². The van der Waals surface area contributed by atoms with Gasteiger partial charge >= 0.3 is 0 Å². The first-order chi connectivity index (χ1) is 10.9. The minimum atomic E-state index is -3.25. The summed E-state index contributed by atoms with van der Waals surface area (Å²) in [6.45, 7) is 0. The molecule has 0 fully saturated rings. The highest BCUT2D eigenvalue weighted by Gasteiger charge is 2.15. The monoisotopic (exact) mass is 329 g/mol. The number of carbonyl (C=O) groups is 1. The molecule has 0 radical (unpaired) electrons. The van der Waals surface area contributed by atoms with Crippen LogP contribution in [0, 0.1) is 0 Å². The number of rotatable bonds is 3. The zero-order chi connectivity index (χ0) is 16.4. The maximum atomic E-state index is 12.4. The van der Waals surface area contributed by atoms with Crippen molar-refractivity contribution in [3.8, 4) is 0 Å². The van der Waals surface area contributed by atoms with Crippen LogP contribution in [0.15, 0.2) is 47.4 Å². The zero-order valence-electron chi connectivity index (χ0n) is 13.0. The van der Waals surface area contributed by atoms with Crippen molar-refractivity contribution in [3.63, 3.8) is 0 Å². The van der Waals surface area contributed by atoms with E-state index < -0.39 is 9.84 Å². The highest BCUT2D eigenvalue weighted by atomic mass is 32.2. The second kappa shape index (κ2) is 6.16. The van der Waals surface area contributed by atoms with Crippen molar-refractivity contribution in [3.05, 3.63) is 59.2 Å². The second-order valence-corrected chi connectivity index (χ2v) is 7.92. The molecule has 1 aliphatic rings. The molecule has 0 heterocycles. The number of hydrogen-bond acceptors (Lipinski definition) is 3. The first-order valence-electron chi connectivity index (χ1n) is 7.67. The number of nitrogens with one attached hydrogen (secondary N) is 1. The predicted octanol–water partition coefficient (Wildman–Crippen LogP) is 3.22. The van der Waals surface area contributed by atoms with Crippen molar-refractivity contribution in [1.29, 1.82) is 0 Å². The molecule has 1 N–H and O–H groups in total. The molecule has 0 saturated carbocycles. The van der Waals surface area contributed by atoms with Crippen LogP contribution in [-0.4, -0.2) is 20.6 Å². The summed E-state index contributed by atoms with van der Waals surface area (Å²) < 4.78 is 22.9. The smallest absolute Gasteiger partial charge is 0.255 e. The molecular weight excluding hydrogens is 310 g/mol. The number of hydrogen-bond donors (Lipinski definition) is 1. The molecule has 2 aromatic carbocycles. The first kappa shape index (κ1) is 15.7. The first-order valence-corrected chi connectivity index (χ1v) is 9.56. The zero-order valence-corrected chi connectivity index (χ0v) is 13.8. The van der Waals surface area contributed by atoms with E-state index in [1.165, 1.54) is 29.7 Å².